The van der Waals surface area contributed by atoms with Gasteiger partial charge in [0.15, 0.2) is 6.10 Å². The first-order chi connectivity index (χ1) is 12.3. The van der Waals surface area contributed by atoms with Crippen LogP contribution in [-0.2, 0) is 4.79 Å². The van der Waals surface area contributed by atoms with Crippen LogP contribution in [-0.4, -0.2) is 24.0 Å². The molecule has 2 rings (SSSR count). The molecule has 0 aliphatic rings. The highest BCUT2D eigenvalue weighted by Crippen LogP contribution is 2.25. The van der Waals surface area contributed by atoms with E-state index < -0.39 is 12.0 Å². The summed E-state index contributed by atoms with van der Waals surface area (Å²) >= 11 is 11.9. The van der Waals surface area contributed by atoms with Gasteiger partial charge in [-0.05, 0) is 51.1 Å². The number of carbonyl (C=O) groups is 2. The number of carbonyl (C=O) groups excluding carboxylic acids is 2. The van der Waals surface area contributed by atoms with Gasteiger partial charge in [-0.15, -0.1) is 0 Å². The summed E-state index contributed by atoms with van der Waals surface area (Å²) in [7, 11) is 0. The molecule has 26 heavy (non-hydrogen) atoms. The van der Waals surface area contributed by atoms with Crippen LogP contribution < -0.4 is 15.4 Å². The van der Waals surface area contributed by atoms with Crippen LogP contribution >= 0.6 is 23.2 Å². The second-order valence-corrected chi connectivity index (χ2v) is 6.90. The molecule has 1 atom stereocenters. The summed E-state index contributed by atoms with van der Waals surface area (Å²) < 4.78 is 5.59. The Morgan fingerprint density at radius 3 is 2.23 bits per heavy atom. The summed E-state index contributed by atoms with van der Waals surface area (Å²) in [5.41, 5.74) is 0.794. The Morgan fingerprint density at radius 1 is 1.00 bits per heavy atom. The Hall–Kier alpha value is -2.24. The van der Waals surface area contributed by atoms with Crippen molar-refractivity contribution in [1.82, 2.24) is 5.32 Å². The number of ether oxygens (including phenoxy) is 1. The third kappa shape index (κ3) is 5.64. The molecule has 0 radical (unpaired) electrons. The van der Waals surface area contributed by atoms with Crippen LogP contribution in [0, 0.1) is 0 Å². The molecule has 1 unspecified atom stereocenters. The van der Waals surface area contributed by atoms with E-state index in [2.05, 4.69) is 10.6 Å². The van der Waals surface area contributed by atoms with Crippen molar-refractivity contribution in [1.29, 1.82) is 0 Å². The number of amides is 2. The number of hydrogen-bond acceptors (Lipinski definition) is 3. The van der Waals surface area contributed by atoms with Crippen molar-refractivity contribution in [3.05, 3.63) is 58.1 Å². The van der Waals surface area contributed by atoms with Crippen molar-refractivity contribution >= 4 is 40.7 Å². The molecule has 2 aromatic carbocycles. The summed E-state index contributed by atoms with van der Waals surface area (Å²) in [4.78, 5) is 24.7. The number of halogens is 2. The third-order valence-electron chi connectivity index (χ3n) is 3.37. The van der Waals surface area contributed by atoms with Gasteiger partial charge in [-0.2, -0.15) is 0 Å². The zero-order valence-corrected chi connectivity index (χ0v) is 16.2. The van der Waals surface area contributed by atoms with Gasteiger partial charge in [0.1, 0.15) is 5.75 Å². The van der Waals surface area contributed by atoms with E-state index in [-0.39, 0.29) is 11.9 Å². The molecule has 138 valence electrons. The maximum Gasteiger partial charge on any atom is 0.265 e. The predicted octanol–water partition coefficient (Wildman–Crippen LogP) is 4.54. The number of hydrogen-bond donors (Lipinski definition) is 2. The number of para-hydroxylation sites is 1. The first kappa shape index (κ1) is 20.1. The maximum absolute atomic E-state index is 12.4. The molecule has 0 saturated carbocycles. The normalized spacial score (nSPS) is 11.8. The molecule has 0 bridgehead atoms. The van der Waals surface area contributed by atoms with E-state index in [0.29, 0.717) is 27.0 Å². The topological polar surface area (TPSA) is 67.4 Å². The highest BCUT2D eigenvalue weighted by Gasteiger charge is 2.19. The van der Waals surface area contributed by atoms with E-state index in [0.717, 1.165) is 0 Å². The minimum absolute atomic E-state index is 0.0129. The van der Waals surface area contributed by atoms with Crippen LogP contribution in [0.25, 0.3) is 0 Å². The Labute approximate surface area is 162 Å². The molecule has 0 aliphatic carbocycles. The standard InChI is InChI=1S/C19H20Cl2N2O3/c1-11(2)22-19(25)16-6-4-5-7-17(16)23-18(24)12(3)26-15-9-13(20)8-14(21)10-15/h4-12H,1-3H3,(H,22,25)(H,23,24). The van der Waals surface area contributed by atoms with E-state index >= 15 is 0 Å². The maximum atomic E-state index is 12.4. The van der Waals surface area contributed by atoms with Crippen LogP contribution in [0.1, 0.15) is 31.1 Å². The summed E-state index contributed by atoms with van der Waals surface area (Å²) in [6, 6.07) is 11.5. The summed E-state index contributed by atoms with van der Waals surface area (Å²) in [6.45, 7) is 5.33. The first-order valence-electron chi connectivity index (χ1n) is 8.09. The molecule has 0 saturated heterocycles. The molecule has 0 spiro atoms. The smallest absolute Gasteiger partial charge is 0.265 e. The number of anilines is 1. The molecule has 0 aliphatic heterocycles. The lowest BCUT2D eigenvalue weighted by Gasteiger charge is -2.17. The minimum Gasteiger partial charge on any atom is -0.481 e. The average molecular weight is 395 g/mol. The fourth-order valence-electron chi connectivity index (χ4n) is 2.22. The van der Waals surface area contributed by atoms with E-state index in [1.165, 1.54) is 0 Å². The molecule has 0 aromatic heterocycles. The highest BCUT2D eigenvalue weighted by atomic mass is 35.5. The summed E-state index contributed by atoms with van der Waals surface area (Å²) in [5, 5.41) is 6.35. The van der Waals surface area contributed by atoms with Gasteiger partial charge >= 0.3 is 0 Å². The molecule has 0 heterocycles. The fraction of sp³-hybridized carbons (Fsp3) is 0.263. The van der Waals surface area contributed by atoms with Crippen molar-refractivity contribution < 1.29 is 14.3 Å². The van der Waals surface area contributed by atoms with Crippen LogP contribution in [0.3, 0.4) is 0 Å². The Bertz CT molecular complexity index is 789. The van der Waals surface area contributed by atoms with Crippen molar-refractivity contribution in [2.75, 3.05) is 5.32 Å². The second-order valence-electron chi connectivity index (χ2n) is 6.03. The second kappa shape index (κ2) is 8.92. The zero-order valence-electron chi connectivity index (χ0n) is 14.7. The summed E-state index contributed by atoms with van der Waals surface area (Å²) in [5.74, 6) is -0.270. The van der Waals surface area contributed by atoms with Gasteiger partial charge in [0, 0.05) is 16.1 Å². The monoisotopic (exact) mass is 394 g/mol. The number of benzene rings is 2. The number of rotatable bonds is 6. The quantitative estimate of drug-likeness (QED) is 0.755. The molecule has 2 aromatic rings. The van der Waals surface area contributed by atoms with Crippen LogP contribution in [0.4, 0.5) is 5.69 Å². The largest absolute Gasteiger partial charge is 0.481 e. The zero-order chi connectivity index (χ0) is 19.3. The van der Waals surface area contributed by atoms with E-state index in [9.17, 15) is 9.59 Å². The molecule has 7 heteroatoms. The van der Waals surface area contributed by atoms with Crippen LogP contribution in [0.2, 0.25) is 10.0 Å². The van der Waals surface area contributed by atoms with Gasteiger partial charge < -0.3 is 15.4 Å². The summed E-state index contributed by atoms with van der Waals surface area (Å²) in [6.07, 6.45) is -0.814. The van der Waals surface area contributed by atoms with Crippen molar-refractivity contribution in [3.63, 3.8) is 0 Å². The fourth-order valence-corrected chi connectivity index (χ4v) is 2.72. The van der Waals surface area contributed by atoms with Gasteiger partial charge in [0.05, 0.1) is 11.3 Å². The van der Waals surface area contributed by atoms with E-state index in [1.807, 2.05) is 13.8 Å². The van der Waals surface area contributed by atoms with Gasteiger partial charge in [0.2, 0.25) is 0 Å². The Morgan fingerprint density at radius 2 is 1.62 bits per heavy atom. The van der Waals surface area contributed by atoms with Gasteiger partial charge in [-0.3, -0.25) is 9.59 Å². The van der Waals surface area contributed by atoms with E-state index in [1.54, 1.807) is 49.4 Å². The van der Waals surface area contributed by atoms with Crippen molar-refractivity contribution in [2.45, 2.75) is 32.9 Å². The van der Waals surface area contributed by atoms with Crippen molar-refractivity contribution in [3.8, 4) is 5.75 Å². The Balaban J connectivity index is 2.10. The number of nitrogens with one attached hydrogen (secondary N) is 2. The first-order valence-corrected chi connectivity index (χ1v) is 8.85. The molecule has 2 N–H and O–H groups in total. The predicted molar refractivity (Wildman–Crippen MR) is 104 cm³/mol. The van der Waals surface area contributed by atoms with Gasteiger partial charge in [-0.1, -0.05) is 35.3 Å². The molecule has 5 nitrogen and oxygen atoms in total. The lowest BCUT2D eigenvalue weighted by atomic mass is 10.1. The minimum atomic E-state index is -0.814. The Kier molecular flexibility index (Phi) is 6.89. The SMILES string of the molecule is CC(C)NC(=O)c1ccccc1NC(=O)C(C)Oc1cc(Cl)cc(Cl)c1. The lowest BCUT2D eigenvalue weighted by molar-refractivity contribution is -0.122. The lowest BCUT2D eigenvalue weighted by Crippen LogP contribution is -2.33. The van der Waals surface area contributed by atoms with Crippen LogP contribution in [0.15, 0.2) is 42.5 Å². The third-order valence-corrected chi connectivity index (χ3v) is 3.80. The van der Waals surface area contributed by atoms with E-state index in [4.69, 9.17) is 27.9 Å². The average Bonchev–Trinajstić information content (AvgIpc) is 2.53. The van der Waals surface area contributed by atoms with Crippen LogP contribution in [0.5, 0.6) is 5.75 Å². The van der Waals surface area contributed by atoms with Crippen molar-refractivity contribution in [2.24, 2.45) is 0 Å². The molecular weight excluding hydrogens is 375 g/mol. The van der Waals surface area contributed by atoms with Gasteiger partial charge in [0.25, 0.3) is 11.8 Å². The molecule has 0 fully saturated rings. The highest BCUT2D eigenvalue weighted by molar-refractivity contribution is 6.34. The molecule has 2 amide bonds. The molecular formula is C19H20Cl2N2O3. The van der Waals surface area contributed by atoms with Gasteiger partial charge in [-0.25, -0.2) is 0 Å².